The van der Waals surface area contributed by atoms with E-state index in [9.17, 15) is 14.7 Å². The fourth-order valence-electron chi connectivity index (χ4n) is 2.53. The van der Waals surface area contributed by atoms with E-state index in [0.717, 1.165) is 16.7 Å². The van der Waals surface area contributed by atoms with Gasteiger partial charge >= 0.3 is 12.1 Å². The minimum Gasteiger partial charge on any atom is -0.480 e. The summed E-state index contributed by atoms with van der Waals surface area (Å²) >= 11 is 0. The number of carbonyl (C=O) groups excluding carboxylic acids is 1. The van der Waals surface area contributed by atoms with Crippen LogP contribution in [-0.2, 0) is 22.5 Å². The molecule has 0 bridgehead atoms. The predicted octanol–water partition coefficient (Wildman–Crippen LogP) is 2.74. The van der Waals surface area contributed by atoms with Gasteiger partial charge in [0.05, 0.1) is 6.54 Å². The highest BCUT2D eigenvalue weighted by molar-refractivity contribution is 5.81. The Hall–Kier alpha value is -2.04. The SMILES string of the molecule is Cc1cccc2c1C[C@@H](C(=O)O)N(C(=O)OC(C)(C)C)C2. The van der Waals surface area contributed by atoms with Gasteiger partial charge in [-0.25, -0.2) is 9.59 Å². The van der Waals surface area contributed by atoms with Crippen molar-refractivity contribution in [1.82, 2.24) is 4.90 Å². The molecule has 0 saturated heterocycles. The quantitative estimate of drug-likeness (QED) is 0.864. The number of benzene rings is 1. The molecule has 1 aromatic carbocycles. The van der Waals surface area contributed by atoms with Crippen molar-refractivity contribution < 1.29 is 19.4 Å². The monoisotopic (exact) mass is 291 g/mol. The fourth-order valence-corrected chi connectivity index (χ4v) is 2.53. The first-order valence-corrected chi connectivity index (χ1v) is 6.99. The van der Waals surface area contributed by atoms with Crippen LogP contribution in [0.3, 0.4) is 0 Å². The average molecular weight is 291 g/mol. The van der Waals surface area contributed by atoms with E-state index in [1.807, 2.05) is 25.1 Å². The Morgan fingerprint density at radius 3 is 2.57 bits per heavy atom. The largest absolute Gasteiger partial charge is 0.480 e. The van der Waals surface area contributed by atoms with Crippen LogP contribution in [0.1, 0.15) is 37.5 Å². The summed E-state index contributed by atoms with van der Waals surface area (Å²) in [6.45, 7) is 7.53. The smallest absolute Gasteiger partial charge is 0.411 e. The number of fused-ring (bicyclic) bond motifs is 1. The summed E-state index contributed by atoms with van der Waals surface area (Å²) in [6, 6.07) is 4.93. The molecule has 0 aliphatic carbocycles. The van der Waals surface area contributed by atoms with E-state index in [4.69, 9.17) is 4.74 Å². The number of aliphatic carboxylic acids is 1. The lowest BCUT2D eigenvalue weighted by molar-refractivity contribution is -0.143. The maximum atomic E-state index is 12.3. The number of carbonyl (C=O) groups is 2. The third-order valence-electron chi connectivity index (χ3n) is 3.53. The molecule has 0 fully saturated rings. The second-order valence-corrected chi connectivity index (χ2v) is 6.38. The van der Waals surface area contributed by atoms with Gasteiger partial charge in [0.15, 0.2) is 0 Å². The molecule has 0 aromatic heterocycles. The molecule has 0 radical (unpaired) electrons. The number of rotatable bonds is 1. The number of carboxylic acid groups (broad SMARTS) is 1. The van der Waals surface area contributed by atoms with E-state index >= 15 is 0 Å². The Balaban J connectivity index is 2.32. The van der Waals surface area contributed by atoms with Crippen LogP contribution in [-0.4, -0.2) is 33.7 Å². The third kappa shape index (κ3) is 3.35. The van der Waals surface area contributed by atoms with Gasteiger partial charge in [0.1, 0.15) is 11.6 Å². The molecule has 5 heteroatoms. The topological polar surface area (TPSA) is 66.8 Å². The van der Waals surface area contributed by atoms with Crippen molar-refractivity contribution in [2.75, 3.05) is 0 Å². The first-order chi connectivity index (χ1) is 9.69. The number of aryl methyl sites for hydroxylation is 1. The lowest BCUT2D eigenvalue weighted by Crippen LogP contribution is -2.50. The number of ether oxygens (including phenoxy) is 1. The van der Waals surface area contributed by atoms with Gasteiger partial charge in [-0.2, -0.15) is 0 Å². The molecule has 114 valence electrons. The van der Waals surface area contributed by atoms with Crippen LogP contribution in [0.4, 0.5) is 4.79 Å². The van der Waals surface area contributed by atoms with E-state index in [-0.39, 0.29) is 6.54 Å². The van der Waals surface area contributed by atoms with Crippen molar-refractivity contribution in [3.63, 3.8) is 0 Å². The van der Waals surface area contributed by atoms with Gasteiger partial charge in [0.2, 0.25) is 0 Å². The summed E-state index contributed by atoms with van der Waals surface area (Å²) < 4.78 is 5.33. The predicted molar refractivity (Wildman–Crippen MR) is 78.1 cm³/mol. The third-order valence-corrected chi connectivity index (χ3v) is 3.53. The highest BCUT2D eigenvalue weighted by Crippen LogP contribution is 2.27. The normalized spacial score (nSPS) is 18.1. The van der Waals surface area contributed by atoms with Crippen LogP contribution < -0.4 is 0 Å². The summed E-state index contributed by atoms with van der Waals surface area (Å²) in [7, 11) is 0. The highest BCUT2D eigenvalue weighted by Gasteiger charge is 2.37. The van der Waals surface area contributed by atoms with E-state index in [1.54, 1.807) is 20.8 Å². The van der Waals surface area contributed by atoms with Crippen LogP contribution >= 0.6 is 0 Å². The standard InChI is InChI=1S/C16H21NO4/c1-10-6-5-7-11-9-17(15(20)21-16(2,3)4)13(14(18)19)8-12(10)11/h5-7,13H,8-9H2,1-4H3,(H,18,19)/t13-/m0/s1. The van der Waals surface area contributed by atoms with E-state index in [2.05, 4.69) is 0 Å². The molecule has 1 N–H and O–H groups in total. The van der Waals surface area contributed by atoms with E-state index in [1.165, 1.54) is 4.90 Å². The van der Waals surface area contributed by atoms with Crippen LogP contribution in [0.15, 0.2) is 18.2 Å². The number of nitrogens with zero attached hydrogens (tertiary/aromatic N) is 1. The Bertz CT molecular complexity index is 574. The summed E-state index contributed by atoms with van der Waals surface area (Å²) in [4.78, 5) is 25.1. The molecule has 1 amide bonds. The first-order valence-electron chi connectivity index (χ1n) is 6.99. The fraction of sp³-hybridized carbons (Fsp3) is 0.500. The maximum Gasteiger partial charge on any atom is 0.411 e. The summed E-state index contributed by atoms with van der Waals surface area (Å²) in [6.07, 6.45) is -0.265. The summed E-state index contributed by atoms with van der Waals surface area (Å²) in [5, 5.41) is 9.42. The van der Waals surface area contributed by atoms with Crippen LogP contribution in [0.25, 0.3) is 0 Å². The summed E-state index contributed by atoms with van der Waals surface area (Å²) in [5.74, 6) is -1.00. The molecule has 0 saturated carbocycles. The van der Waals surface area contributed by atoms with Crippen LogP contribution in [0, 0.1) is 6.92 Å². The lowest BCUT2D eigenvalue weighted by atomic mass is 9.91. The molecule has 2 rings (SSSR count). The Kier molecular flexibility index (Phi) is 3.94. The van der Waals surface area contributed by atoms with Gasteiger partial charge in [-0.3, -0.25) is 4.90 Å². The van der Waals surface area contributed by atoms with Gasteiger partial charge in [0, 0.05) is 6.42 Å². The molecule has 1 aliphatic heterocycles. The summed E-state index contributed by atoms with van der Waals surface area (Å²) in [5.41, 5.74) is 2.41. The molecule has 1 aromatic rings. The van der Waals surface area contributed by atoms with Crippen molar-refractivity contribution in [3.8, 4) is 0 Å². The number of hydrogen-bond donors (Lipinski definition) is 1. The molecule has 21 heavy (non-hydrogen) atoms. The molecular formula is C16H21NO4. The zero-order valence-electron chi connectivity index (χ0n) is 12.8. The average Bonchev–Trinajstić information content (AvgIpc) is 2.35. The highest BCUT2D eigenvalue weighted by atomic mass is 16.6. The molecule has 0 unspecified atom stereocenters. The molecule has 1 heterocycles. The van der Waals surface area contributed by atoms with E-state index in [0.29, 0.717) is 6.42 Å². The van der Waals surface area contributed by atoms with Crippen LogP contribution in [0.5, 0.6) is 0 Å². The van der Waals surface area contributed by atoms with Crippen molar-refractivity contribution in [3.05, 3.63) is 34.9 Å². The number of carboxylic acids is 1. The molecular weight excluding hydrogens is 270 g/mol. The van der Waals surface area contributed by atoms with Gasteiger partial charge in [0.25, 0.3) is 0 Å². The minimum atomic E-state index is -1.00. The second kappa shape index (κ2) is 5.39. The van der Waals surface area contributed by atoms with E-state index < -0.39 is 23.7 Å². The minimum absolute atomic E-state index is 0.267. The second-order valence-electron chi connectivity index (χ2n) is 6.38. The van der Waals surface area contributed by atoms with Gasteiger partial charge < -0.3 is 9.84 Å². The maximum absolute atomic E-state index is 12.3. The molecule has 1 atom stereocenters. The molecule has 1 aliphatic rings. The number of hydrogen-bond acceptors (Lipinski definition) is 3. The van der Waals surface area contributed by atoms with Gasteiger partial charge in [-0.1, -0.05) is 18.2 Å². The van der Waals surface area contributed by atoms with Crippen molar-refractivity contribution in [1.29, 1.82) is 0 Å². The zero-order valence-corrected chi connectivity index (χ0v) is 12.8. The lowest BCUT2D eigenvalue weighted by Gasteiger charge is -2.36. The van der Waals surface area contributed by atoms with Gasteiger partial charge in [-0.15, -0.1) is 0 Å². The van der Waals surface area contributed by atoms with Crippen LogP contribution in [0.2, 0.25) is 0 Å². The Labute approximate surface area is 124 Å². The Morgan fingerprint density at radius 2 is 2.00 bits per heavy atom. The zero-order chi connectivity index (χ0) is 15.8. The molecule has 0 spiro atoms. The Morgan fingerprint density at radius 1 is 1.33 bits per heavy atom. The number of amides is 1. The first kappa shape index (κ1) is 15.4. The molecule has 5 nitrogen and oxygen atoms in total. The van der Waals surface area contributed by atoms with Crippen molar-refractivity contribution >= 4 is 12.1 Å². The van der Waals surface area contributed by atoms with Crippen molar-refractivity contribution in [2.24, 2.45) is 0 Å². The van der Waals surface area contributed by atoms with Gasteiger partial charge in [-0.05, 0) is 44.4 Å². The van der Waals surface area contributed by atoms with Crippen molar-refractivity contribution in [2.45, 2.75) is 52.3 Å².